The average Bonchev–Trinajstić information content (AvgIpc) is 2.34. The van der Waals surface area contributed by atoms with Crippen LogP contribution in [0.3, 0.4) is 0 Å². The molecule has 0 unspecified atom stereocenters. The van der Waals surface area contributed by atoms with Gasteiger partial charge >= 0.3 is 0 Å². The van der Waals surface area contributed by atoms with E-state index in [1.165, 1.54) is 11.5 Å². The van der Waals surface area contributed by atoms with Gasteiger partial charge in [-0.15, -0.1) is 0 Å². The van der Waals surface area contributed by atoms with E-state index in [2.05, 4.69) is 14.3 Å². The standard InChI is InChI=1S/C5H8N4S/c1-3(7-2)4-8-5(6)10-9-4/h1-2H3,(H2,6,8,9)/b7-3+. The molecule has 0 spiro atoms. The summed E-state index contributed by atoms with van der Waals surface area (Å²) in [5.41, 5.74) is 6.17. The largest absolute Gasteiger partial charge is 0.374 e. The van der Waals surface area contributed by atoms with Gasteiger partial charge in [0, 0.05) is 18.6 Å². The lowest BCUT2D eigenvalue weighted by Gasteiger charge is -1.86. The maximum atomic E-state index is 5.36. The van der Waals surface area contributed by atoms with Crippen molar-refractivity contribution in [3.63, 3.8) is 0 Å². The number of nitrogen functional groups attached to an aromatic ring is 1. The van der Waals surface area contributed by atoms with Crippen LogP contribution in [0.4, 0.5) is 5.13 Å². The second-order valence-electron chi connectivity index (χ2n) is 1.77. The zero-order chi connectivity index (χ0) is 7.56. The van der Waals surface area contributed by atoms with Crippen LogP contribution in [0.15, 0.2) is 4.99 Å². The molecule has 0 saturated carbocycles. The fourth-order valence-corrected chi connectivity index (χ4v) is 0.962. The van der Waals surface area contributed by atoms with Gasteiger partial charge in [-0.1, -0.05) is 0 Å². The molecule has 0 amide bonds. The van der Waals surface area contributed by atoms with E-state index in [1.807, 2.05) is 6.92 Å². The summed E-state index contributed by atoms with van der Waals surface area (Å²) < 4.78 is 3.96. The SMILES string of the molecule is C/N=C(\C)c1nsc(N)n1. The highest BCUT2D eigenvalue weighted by molar-refractivity contribution is 7.09. The summed E-state index contributed by atoms with van der Waals surface area (Å²) in [7, 11) is 1.70. The number of hydrogen-bond acceptors (Lipinski definition) is 5. The second-order valence-corrected chi connectivity index (χ2v) is 2.55. The Morgan fingerprint density at radius 3 is 2.80 bits per heavy atom. The van der Waals surface area contributed by atoms with Gasteiger partial charge in [-0.3, -0.25) is 4.99 Å². The predicted octanol–water partition coefficient (Wildman–Crippen LogP) is 0.559. The van der Waals surface area contributed by atoms with Gasteiger partial charge in [-0.25, -0.2) is 0 Å². The minimum atomic E-state index is 0.484. The molecule has 0 aliphatic rings. The molecule has 0 saturated heterocycles. The smallest absolute Gasteiger partial charge is 0.200 e. The molecule has 10 heavy (non-hydrogen) atoms. The highest BCUT2D eigenvalue weighted by atomic mass is 32.1. The lowest BCUT2D eigenvalue weighted by Crippen LogP contribution is -1.96. The summed E-state index contributed by atoms with van der Waals surface area (Å²) in [4.78, 5) is 7.85. The van der Waals surface area contributed by atoms with Crippen molar-refractivity contribution in [2.24, 2.45) is 4.99 Å². The molecule has 0 atom stereocenters. The first-order valence-electron chi connectivity index (χ1n) is 2.77. The Balaban J connectivity index is 2.95. The van der Waals surface area contributed by atoms with Crippen LogP contribution in [0.5, 0.6) is 0 Å². The molecule has 0 aliphatic carbocycles. The van der Waals surface area contributed by atoms with Crippen molar-refractivity contribution >= 4 is 22.4 Å². The molecular formula is C5H8N4S. The topological polar surface area (TPSA) is 64.2 Å². The maximum absolute atomic E-state index is 5.36. The summed E-state index contributed by atoms with van der Waals surface area (Å²) in [5, 5.41) is 0.484. The van der Waals surface area contributed by atoms with Crippen molar-refractivity contribution in [3.8, 4) is 0 Å². The van der Waals surface area contributed by atoms with Crippen molar-refractivity contribution in [1.29, 1.82) is 0 Å². The third kappa shape index (κ3) is 1.30. The molecule has 0 aliphatic heterocycles. The summed E-state index contributed by atoms with van der Waals surface area (Å²) >= 11 is 1.18. The summed E-state index contributed by atoms with van der Waals surface area (Å²) in [5.74, 6) is 0.630. The Morgan fingerprint density at radius 1 is 1.70 bits per heavy atom. The number of nitrogens with zero attached hydrogens (tertiary/aromatic N) is 3. The monoisotopic (exact) mass is 156 g/mol. The van der Waals surface area contributed by atoms with Crippen molar-refractivity contribution in [2.75, 3.05) is 12.8 Å². The minimum absolute atomic E-state index is 0.484. The van der Waals surface area contributed by atoms with E-state index in [0.29, 0.717) is 11.0 Å². The second kappa shape index (κ2) is 2.74. The van der Waals surface area contributed by atoms with E-state index >= 15 is 0 Å². The third-order valence-electron chi connectivity index (χ3n) is 1.10. The molecule has 4 nitrogen and oxygen atoms in total. The van der Waals surface area contributed by atoms with Crippen molar-refractivity contribution in [3.05, 3.63) is 5.82 Å². The number of rotatable bonds is 1. The van der Waals surface area contributed by atoms with Gasteiger partial charge in [-0.2, -0.15) is 9.36 Å². The fourth-order valence-electron chi connectivity index (χ4n) is 0.482. The normalized spacial score (nSPS) is 12.0. The molecule has 1 heterocycles. The fraction of sp³-hybridized carbons (Fsp3) is 0.400. The molecule has 5 heteroatoms. The zero-order valence-corrected chi connectivity index (χ0v) is 6.64. The van der Waals surface area contributed by atoms with Gasteiger partial charge in [0.05, 0.1) is 5.71 Å². The van der Waals surface area contributed by atoms with Crippen molar-refractivity contribution in [1.82, 2.24) is 9.36 Å². The molecule has 0 aromatic carbocycles. The van der Waals surface area contributed by atoms with E-state index in [9.17, 15) is 0 Å². The van der Waals surface area contributed by atoms with Crippen molar-refractivity contribution in [2.45, 2.75) is 6.92 Å². The van der Waals surface area contributed by atoms with Gasteiger partial charge in [0.25, 0.3) is 0 Å². The van der Waals surface area contributed by atoms with Crippen LogP contribution >= 0.6 is 11.5 Å². The highest BCUT2D eigenvalue weighted by Gasteiger charge is 2.01. The molecular weight excluding hydrogens is 148 g/mol. The van der Waals surface area contributed by atoms with Crippen LogP contribution in [-0.2, 0) is 0 Å². The van der Waals surface area contributed by atoms with E-state index < -0.39 is 0 Å². The average molecular weight is 156 g/mol. The lowest BCUT2D eigenvalue weighted by atomic mass is 10.4. The molecule has 0 radical (unpaired) electrons. The lowest BCUT2D eigenvalue weighted by molar-refractivity contribution is 1.25. The first-order chi connectivity index (χ1) is 4.74. The minimum Gasteiger partial charge on any atom is -0.374 e. The van der Waals surface area contributed by atoms with E-state index in [4.69, 9.17) is 5.73 Å². The molecule has 0 fully saturated rings. The molecule has 1 rings (SSSR count). The quantitative estimate of drug-likeness (QED) is 0.604. The number of anilines is 1. The van der Waals surface area contributed by atoms with Crippen LogP contribution in [0.1, 0.15) is 12.7 Å². The number of aliphatic imine (C=N–C) groups is 1. The van der Waals surface area contributed by atoms with Gasteiger partial charge < -0.3 is 5.73 Å². The van der Waals surface area contributed by atoms with Crippen LogP contribution in [0, 0.1) is 0 Å². The van der Waals surface area contributed by atoms with Crippen LogP contribution in [-0.4, -0.2) is 22.1 Å². The molecule has 54 valence electrons. The van der Waals surface area contributed by atoms with Crippen LogP contribution < -0.4 is 5.73 Å². The summed E-state index contributed by atoms with van der Waals surface area (Å²) in [6.07, 6.45) is 0. The molecule has 1 aromatic heterocycles. The van der Waals surface area contributed by atoms with Gasteiger partial charge in [0.1, 0.15) is 0 Å². The highest BCUT2D eigenvalue weighted by Crippen LogP contribution is 2.05. The van der Waals surface area contributed by atoms with Crippen LogP contribution in [0.2, 0.25) is 0 Å². The number of aromatic nitrogens is 2. The zero-order valence-electron chi connectivity index (χ0n) is 5.83. The van der Waals surface area contributed by atoms with Gasteiger partial charge in [0.2, 0.25) is 0 Å². The first kappa shape index (κ1) is 7.14. The third-order valence-corrected chi connectivity index (χ3v) is 1.64. The molecule has 0 bridgehead atoms. The Bertz CT molecular complexity index is 252. The Hall–Kier alpha value is -0.970. The Labute approximate surface area is 63.0 Å². The van der Waals surface area contributed by atoms with Gasteiger partial charge in [0.15, 0.2) is 11.0 Å². The maximum Gasteiger partial charge on any atom is 0.200 e. The first-order valence-corrected chi connectivity index (χ1v) is 3.54. The number of nitrogens with two attached hydrogens (primary N) is 1. The summed E-state index contributed by atoms with van der Waals surface area (Å²) in [6.45, 7) is 1.85. The van der Waals surface area contributed by atoms with E-state index in [0.717, 1.165) is 5.71 Å². The van der Waals surface area contributed by atoms with Crippen molar-refractivity contribution < 1.29 is 0 Å². The molecule has 1 aromatic rings. The van der Waals surface area contributed by atoms with E-state index in [1.54, 1.807) is 7.05 Å². The predicted molar refractivity (Wildman–Crippen MR) is 42.5 cm³/mol. The number of hydrogen-bond donors (Lipinski definition) is 1. The molecule has 2 N–H and O–H groups in total. The Morgan fingerprint density at radius 2 is 2.40 bits per heavy atom. The van der Waals surface area contributed by atoms with E-state index in [-0.39, 0.29) is 0 Å². The summed E-state index contributed by atoms with van der Waals surface area (Å²) in [6, 6.07) is 0. The Kier molecular flexibility index (Phi) is 1.96. The van der Waals surface area contributed by atoms with Crippen LogP contribution in [0.25, 0.3) is 0 Å². The van der Waals surface area contributed by atoms with Gasteiger partial charge in [-0.05, 0) is 6.92 Å².